The van der Waals surface area contributed by atoms with Crippen LogP contribution >= 0.6 is 0 Å². The van der Waals surface area contributed by atoms with Crippen LogP contribution in [0.4, 0.5) is 4.79 Å². The molecule has 0 heterocycles. The van der Waals surface area contributed by atoms with Crippen LogP contribution in [0.15, 0.2) is 95.8 Å². The van der Waals surface area contributed by atoms with Crippen LogP contribution in [0.3, 0.4) is 0 Å². The number of ether oxygens (including phenoxy) is 1. The molecule has 0 aromatic heterocycles. The van der Waals surface area contributed by atoms with Crippen molar-refractivity contribution >= 4 is 12.0 Å². The molecular formula is C31H32N2O5. The Bertz CT molecular complexity index is 1350. The lowest BCUT2D eigenvalue weighted by Crippen LogP contribution is -2.53. The number of carbonyl (C=O) groups is 2. The first-order valence-corrected chi connectivity index (χ1v) is 12.7. The van der Waals surface area contributed by atoms with E-state index in [-0.39, 0.29) is 24.4 Å². The summed E-state index contributed by atoms with van der Waals surface area (Å²) in [6.45, 7) is 3.78. The van der Waals surface area contributed by atoms with Crippen LogP contribution in [0.2, 0.25) is 0 Å². The maximum absolute atomic E-state index is 13.5. The van der Waals surface area contributed by atoms with Crippen LogP contribution in [0, 0.1) is 5.92 Å². The van der Waals surface area contributed by atoms with Gasteiger partial charge in [0.15, 0.2) is 5.43 Å². The minimum absolute atomic E-state index is 0.0677. The van der Waals surface area contributed by atoms with E-state index >= 15 is 0 Å². The number of amides is 2. The number of benzene rings is 3. The van der Waals surface area contributed by atoms with Gasteiger partial charge in [-0.15, -0.1) is 0 Å². The van der Waals surface area contributed by atoms with Crippen molar-refractivity contribution in [1.29, 1.82) is 0 Å². The molecule has 0 bridgehead atoms. The van der Waals surface area contributed by atoms with E-state index in [1.807, 2.05) is 105 Å². The second kappa shape index (κ2) is 12.3. The summed E-state index contributed by atoms with van der Waals surface area (Å²) in [7, 11) is 0. The number of hydrogen-bond donors (Lipinski definition) is 3. The highest BCUT2D eigenvalue weighted by molar-refractivity contribution is 5.86. The Morgan fingerprint density at radius 1 is 0.816 bits per heavy atom. The van der Waals surface area contributed by atoms with E-state index in [0.29, 0.717) is 11.1 Å². The van der Waals surface area contributed by atoms with E-state index in [9.17, 15) is 19.5 Å². The first-order chi connectivity index (χ1) is 18.3. The summed E-state index contributed by atoms with van der Waals surface area (Å²) < 4.78 is 5.34. The second-order valence-corrected chi connectivity index (χ2v) is 9.66. The molecule has 2 amide bonds. The predicted molar refractivity (Wildman–Crippen MR) is 146 cm³/mol. The van der Waals surface area contributed by atoms with Gasteiger partial charge >= 0.3 is 6.09 Å². The summed E-state index contributed by atoms with van der Waals surface area (Å²) in [5, 5.41) is 16.7. The normalized spacial score (nSPS) is 13.6. The summed E-state index contributed by atoms with van der Waals surface area (Å²) in [5.41, 5.74) is 3.01. The van der Waals surface area contributed by atoms with E-state index in [2.05, 4.69) is 10.6 Å². The van der Waals surface area contributed by atoms with Gasteiger partial charge in [-0.1, -0.05) is 105 Å². The first kappa shape index (κ1) is 26.8. The Morgan fingerprint density at radius 2 is 1.37 bits per heavy atom. The molecule has 196 valence electrons. The number of carbonyl (C=O) groups excluding carboxylic acids is 2. The molecule has 7 nitrogen and oxygen atoms in total. The highest BCUT2D eigenvalue weighted by atomic mass is 16.5. The van der Waals surface area contributed by atoms with Gasteiger partial charge < -0.3 is 20.5 Å². The number of rotatable bonds is 11. The zero-order chi connectivity index (χ0) is 27.1. The fourth-order valence-electron chi connectivity index (χ4n) is 4.38. The van der Waals surface area contributed by atoms with Crippen molar-refractivity contribution in [3.63, 3.8) is 0 Å². The highest BCUT2D eigenvalue weighted by Gasteiger charge is 2.37. The average Bonchev–Trinajstić information content (AvgIpc) is 3.61. The molecule has 0 aliphatic heterocycles. The minimum Gasteiger partial charge on any atom is -0.445 e. The topological polar surface area (TPSA) is 105 Å². The van der Waals surface area contributed by atoms with Crippen molar-refractivity contribution in [3.05, 3.63) is 118 Å². The van der Waals surface area contributed by atoms with Crippen LogP contribution in [0.5, 0.6) is 0 Å². The Hall–Kier alpha value is -4.23. The lowest BCUT2D eigenvalue weighted by molar-refractivity contribution is -0.125. The smallest absolute Gasteiger partial charge is 0.408 e. The van der Waals surface area contributed by atoms with E-state index in [4.69, 9.17) is 4.74 Å². The monoisotopic (exact) mass is 512 g/mol. The third-order valence-corrected chi connectivity index (χ3v) is 6.51. The summed E-state index contributed by atoms with van der Waals surface area (Å²) in [4.78, 5) is 38.6. The number of hydrogen-bond acceptors (Lipinski definition) is 5. The van der Waals surface area contributed by atoms with Crippen LogP contribution in [0.1, 0.15) is 36.6 Å². The third kappa shape index (κ3) is 6.75. The van der Waals surface area contributed by atoms with Crippen molar-refractivity contribution < 1.29 is 19.4 Å². The molecule has 0 saturated carbocycles. The molecule has 3 atom stereocenters. The van der Waals surface area contributed by atoms with Crippen LogP contribution < -0.4 is 16.1 Å². The van der Waals surface area contributed by atoms with E-state index < -0.39 is 30.2 Å². The average molecular weight is 513 g/mol. The van der Waals surface area contributed by atoms with Gasteiger partial charge in [-0.05, 0) is 22.6 Å². The molecule has 3 N–H and O–H groups in total. The summed E-state index contributed by atoms with van der Waals surface area (Å²) in [6.07, 6.45) is -1.67. The van der Waals surface area contributed by atoms with Gasteiger partial charge in [0, 0.05) is 17.5 Å². The molecular weight excluding hydrogens is 480 g/mol. The molecule has 0 aliphatic carbocycles. The molecule has 0 radical (unpaired) electrons. The van der Waals surface area contributed by atoms with Gasteiger partial charge in [0.05, 0.1) is 6.04 Å². The zero-order valence-corrected chi connectivity index (χ0v) is 21.5. The van der Waals surface area contributed by atoms with Crippen molar-refractivity contribution in [2.75, 3.05) is 0 Å². The van der Waals surface area contributed by atoms with Gasteiger partial charge in [0.25, 0.3) is 0 Å². The molecule has 7 heteroatoms. The second-order valence-electron chi connectivity index (χ2n) is 9.66. The Kier molecular flexibility index (Phi) is 8.71. The summed E-state index contributed by atoms with van der Waals surface area (Å²) >= 11 is 0. The maximum atomic E-state index is 13.5. The third-order valence-electron chi connectivity index (χ3n) is 6.51. The quantitative estimate of drug-likeness (QED) is 0.278. The van der Waals surface area contributed by atoms with Crippen molar-refractivity contribution in [1.82, 2.24) is 10.6 Å². The summed E-state index contributed by atoms with van der Waals surface area (Å²) in [5.74, 6) is -0.660. The van der Waals surface area contributed by atoms with Crippen molar-refractivity contribution in [3.8, 4) is 11.1 Å². The van der Waals surface area contributed by atoms with E-state index in [1.165, 1.54) is 0 Å². The zero-order valence-electron chi connectivity index (χ0n) is 21.5. The van der Waals surface area contributed by atoms with Crippen molar-refractivity contribution in [2.45, 2.75) is 45.1 Å². The van der Waals surface area contributed by atoms with Crippen molar-refractivity contribution in [2.24, 2.45) is 5.92 Å². The molecule has 2 unspecified atom stereocenters. The van der Waals surface area contributed by atoms with Gasteiger partial charge in [-0.25, -0.2) is 4.79 Å². The Labute approximate surface area is 222 Å². The minimum atomic E-state index is -1.18. The number of alkyl carbamates (subject to hydrolysis) is 1. The van der Waals surface area contributed by atoms with Gasteiger partial charge in [0.2, 0.25) is 5.91 Å². The van der Waals surface area contributed by atoms with E-state index in [0.717, 1.165) is 16.7 Å². The summed E-state index contributed by atoms with van der Waals surface area (Å²) in [6, 6.07) is 26.0. The maximum Gasteiger partial charge on any atom is 0.408 e. The Morgan fingerprint density at radius 3 is 1.95 bits per heavy atom. The molecule has 0 aliphatic rings. The highest BCUT2D eigenvalue weighted by Crippen LogP contribution is 2.33. The number of nitrogens with one attached hydrogen (secondary N) is 2. The van der Waals surface area contributed by atoms with Gasteiger partial charge in [-0.3, -0.25) is 9.59 Å². The lowest BCUT2D eigenvalue weighted by atomic mass is 9.95. The lowest BCUT2D eigenvalue weighted by Gasteiger charge is -2.28. The first-order valence-electron chi connectivity index (χ1n) is 12.7. The standard InChI is InChI=1S/C31H32N2O5/c1-20(2)27(29(35)26-25(28(26)34)23-16-10-5-11-17-23)33-30(36)24(18-21-12-6-3-7-13-21)32-31(37)38-19-22-14-8-4-9-15-22/h3-17,20,24,27,29,35H,18-19H2,1-2H3,(H,32,37)(H,33,36)/t24?,27-,29?/m0/s1. The molecule has 4 aromatic carbocycles. The predicted octanol–water partition coefficient (Wildman–Crippen LogP) is 4.30. The number of aliphatic hydroxyl groups excluding tert-OH is 1. The molecule has 0 saturated heterocycles. The molecule has 0 spiro atoms. The number of aliphatic hydroxyl groups is 1. The van der Waals surface area contributed by atoms with E-state index in [1.54, 1.807) is 0 Å². The fraction of sp³-hybridized carbons (Fsp3) is 0.258. The molecule has 4 aromatic rings. The van der Waals surface area contributed by atoms with Crippen LogP contribution in [-0.4, -0.2) is 29.2 Å². The van der Waals surface area contributed by atoms with Gasteiger partial charge in [-0.2, -0.15) is 0 Å². The largest absolute Gasteiger partial charge is 0.445 e. The van der Waals surface area contributed by atoms with Crippen LogP contribution in [0.25, 0.3) is 11.1 Å². The Balaban J connectivity index is 1.47. The molecule has 0 fully saturated rings. The van der Waals surface area contributed by atoms with Gasteiger partial charge in [0.1, 0.15) is 18.8 Å². The fourth-order valence-corrected chi connectivity index (χ4v) is 4.38. The molecule has 4 rings (SSSR count). The SMILES string of the molecule is CC(C)[C@H](NC(=O)C(Cc1ccccc1)NC(=O)OCc1ccccc1)C(O)c1c(-c2ccccc2)c1=O. The van der Waals surface area contributed by atoms with Crippen LogP contribution in [-0.2, 0) is 22.6 Å². The molecule has 38 heavy (non-hydrogen) atoms.